The largest absolute Gasteiger partial charge is 0.316 e. The topological polar surface area (TPSA) is 15.3 Å². The molecule has 0 amide bonds. The van der Waals surface area contributed by atoms with E-state index in [4.69, 9.17) is 0 Å². The summed E-state index contributed by atoms with van der Waals surface area (Å²) in [5.74, 6) is 0. The van der Waals surface area contributed by atoms with Gasteiger partial charge in [0.15, 0.2) is 0 Å². The molecule has 0 aliphatic heterocycles. The second kappa shape index (κ2) is 8.53. The Kier molecular flexibility index (Phi) is 7.01. The van der Waals surface area contributed by atoms with E-state index in [1.54, 1.807) is 0 Å². The molecule has 2 fully saturated rings. The summed E-state index contributed by atoms with van der Waals surface area (Å²) in [5.41, 5.74) is 0.394. The van der Waals surface area contributed by atoms with Crippen molar-refractivity contribution < 1.29 is 0 Å². The van der Waals surface area contributed by atoms with Crippen molar-refractivity contribution in [3.63, 3.8) is 0 Å². The average Bonchev–Trinajstić information content (AvgIpc) is 2.52. The van der Waals surface area contributed by atoms with Gasteiger partial charge in [-0.3, -0.25) is 4.90 Å². The van der Waals surface area contributed by atoms with Crippen molar-refractivity contribution in [2.45, 2.75) is 97.1 Å². The van der Waals surface area contributed by atoms with E-state index in [0.717, 1.165) is 25.2 Å². The number of nitrogens with zero attached hydrogens (tertiary/aromatic N) is 1. The van der Waals surface area contributed by atoms with Crippen molar-refractivity contribution in [2.24, 2.45) is 5.41 Å². The van der Waals surface area contributed by atoms with Gasteiger partial charge in [0.2, 0.25) is 0 Å². The smallest absolute Gasteiger partial charge is 0.00984 e. The summed E-state index contributed by atoms with van der Waals surface area (Å²) in [4.78, 5) is 2.95. The first kappa shape index (κ1) is 17.3. The van der Waals surface area contributed by atoms with Crippen molar-refractivity contribution >= 4 is 0 Å². The number of hydrogen-bond donors (Lipinski definition) is 1. The molecule has 0 unspecified atom stereocenters. The fraction of sp³-hybridized carbons (Fsp3) is 1.00. The molecule has 0 radical (unpaired) electrons. The van der Waals surface area contributed by atoms with Gasteiger partial charge in [0, 0.05) is 25.2 Å². The molecule has 2 aliphatic rings. The first-order chi connectivity index (χ1) is 10.1. The normalized spacial score (nSPS) is 22.9. The number of rotatable bonds is 7. The third kappa shape index (κ3) is 5.56. The zero-order valence-electron chi connectivity index (χ0n) is 14.8. The summed E-state index contributed by atoms with van der Waals surface area (Å²) in [6, 6.07) is 1.76. The summed E-state index contributed by atoms with van der Waals surface area (Å²) in [5, 5.41) is 3.57. The van der Waals surface area contributed by atoms with Crippen molar-refractivity contribution in [3.05, 3.63) is 0 Å². The van der Waals surface area contributed by atoms with Crippen molar-refractivity contribution in [3.8, 4) is 0 Å². The van der Waals surface area contributed by atoms with Gasteiger partial charge < -0.3 is 5.32 Å². The molecule has 2 saturated carbocycles. The summed E-state index contributed by atoms with van der Waals surface area (Å²) >= 11 is 0. The van der Waals surface area contributed by atoms with Gasteiger partial charge in [-0.1, -0.05) is 59.3 Å². The first-order valence-corrected chi connectivity index (χ1v) is 9.59. The molecule has 0 heterocycles. The lowest BCUT2D eigenvalue weighted by atomic mass is 9.85. The summed E-state index contributed by atoms with van der Waals surface area (Å²) in [6.07, 6.45) is 14.6. The molecule has 0 saturated heterocycles. The van der Waals surface area contributed by atoms with E-state index in [9.17, 15) is 0 Å². The highest BCUT2D eigenvalue weighted by Crippen LogP contribution is 2.32. The lowest BCUT2D eigenvalue weighted by Gasteiger charge is -2.45. The van der Waals surface area contributed by atoms with Crippen LogP contribution in [0.25, 0.3) is 0 Å². The Morgan fingerprint density at radius 1 is 0.857 bits per heavy atom. The van der Waals surface area contributed by atoms with E-state index in [2.05, 4.69) is 31.0 Å². The predicted molar refractivity (Wildman–Crippen MR) is 92.8 cm³/mol. The molecule has 0 aromatic rings. The molecule has 2 aliphatic carbocycles. The van der Waals surface area contributed by atoms with Crippen LogP contribution in [0.2, 0.25) is 0 Å². The zero-order chi connectivity index (χ0) is 15.1. The van der Waals surface area contributed by atoms with Gasteiger partial charge in [-0.2, -0.15) is 0 Å². The van der Waals surface area contributed by atoms with Gasteiger partial charge in [0.05, 0.1) is 0 Å². The summed E-state index contributed by atoms with van der Waals surface area (Å²) < 4.78 is 0. The van der Waals surface area contributed by atoms with E-state index in [-0.39, 0.29) is 0 Å². The maximum absolute atomic E-state index is 3.57. The maximum Gasteiger partial charge on any atom is 0.00984 e. The van der Waals surface area contributed by atoms with Crippen LogP contribution in [0.5, 0.6) is 0 Å². The van der Waals surface area contributed by atoms with E-state index in [1.165, 1.54) is 70.8 Å². The van der Waals surface area contributed by atoms with Crippen LogP contribution in [0.1, 0.15) is 85.0 Å². The molecule has 1 N–H and O–H groups in total. The van der Waals surface area contributed by atoms with E-state index in [0.29, 0.717) is 5.41 Å². The van der Waals surface area contributed by atoms with Gasteiger partial charge in [-0.25, -0.2) is 0 Å². The van der Waals surface area contributed by atoms with Crippen LogP contribution in [-0.4, -0.2) is 36.6 Å². The molecule has 2 heteroatoms. The monoisotopic (exact) mass is 294 g/mol. The number of hydrogen-bond acceptors (Lipinski definition) is 2. The fourth-order valence-corrected chi connectivity index (χ4v) is 4.40. The van der Waals surface area contributed by atoms with Gasteiger partial charge in [-0.05, 0) is 37.6 Å². The fourth-order valence-electron chi connectivity index (χ4n) is 4.40. The van der Waals surface area contributed by atoms with Crippen LogP contribution in [0, 0.1) is 5.41 Å². The van der Waals surface area contributed by atoms with Gasteiger partial charge in [-0.15, -0.1) is 0 Å². The first-order valence-electron chi connectivity index (χ1n) is 9.59. The minimum Gasteiger partial charge on any atom is -0.316 e. The molecule has 2 nitrogen and oxygen atoms in total. The Balaban J connectivity index is 1.99. The third-order valence-electron chi connectivity index (χ3n) is 5.55. The lowest BCUT2D eigenvalue weighted by molar-refractivity contribution is 0.0439. The van der Waals surface area contributed by atoms with Crippen LogP contribution in [0.15, 0.2) is 0 Å². The molecular weight excluding hydrogens is 256 g/mol. The van der Waals surface area contributed by atoms with Gasteiger partial charge in [0.1, 0.15) is 0 Å². The molecule has 0 aromatic carbocycles. The standard InChI is InChI=1S/C19H38N2/c1-4-20-15-19(2,3)16-21(17-11-7-5-8-12-17)18-13-9-6-10-14-18/h17-18,20H,4-16H2,1-3H3. The summed E-state index contributed by atoms with van der Waals surface area (Å²) in [6.45, 7) is 10.7. The molecule has 0 aromatic heterocycles. The molecular formula is C19H38N2. The molecule has 124 valence electrons. The highest BCUT2D eigenvalue weighted by Gasteiger charge is 2.32. The zero-order valence-corrected chi connectivity index (χ0v) is 14.8. The van der Waals surface area contributed by atoms with E-state index < -0.39 is 0 Å². The lowest BCUT2D eigenvalue weighted by Crippen LogP contribution is -2.51. The Labute approximate surface area is 133 Å². The van der Waals surface area contributed by atoms with Crippen LogP contribution < -0.4 is 5.32 Å². The van der Waals surface area contributed by atoms with Crippen LogP contribution in [0.4, 0.5) is 0 Å². The van der Waals surface area contributed by atoms with E-state index >= 15 is 0 Å². The SMILES string of the molecule is CCNCC(C)(C)CN(C1CCCCC1)C1CCCCC1. The van der Waals surface area contributed by atoms with Crippen molar-refractivity contribution in [2.75, 3.05) is 19.6 Å². The Morgan fingerprint density at radius 2 is 1.33 bits per heavy atom. The van der Waals surface area contributed by atoms with E-state index in [1.807, 2.05) is 0 Å². The minimum absolute atomic E-state index is 0.394. The Bertz CT molecular complexity index is 257. The Hall–Kier alpha value is -0.0800. The minimum atomic E-state index is 0.394. The predicted octanol–water partition coefficient (Wildman–Crippen LogP) is 4.59. The molecule has 21 heavy (non-hydrogen) atoms. The maximum atomic E-state index is 3.57. The highest BCUT2D eigenvalue weighted by molar-refractivity contribution is 4.88. The van der Waals surface area contributed by atoms with Crippen LogP contribution in [-0.2, 0) is 0 Å². The Morgan fingerprint density at radius 3 is 1.76 bits per heavy atom. The van der Waals surface area contributed by atoms with Crippen LogP contribution >= 0.6 is 0 Å². The molecule has 2 rings (SSSR count). The average molecular weight is 295 g/mol. The molecule has 0 spiro atoms. The second-order valence-corrected chi connectivity index (χ2v) is 8.20. The number of nitrogens with one attached hydrogen (secondary N) is 1. The molecule has 0 bridgehead atoms. The van der Waals surface area contributed by atoms with Gasteiger partial charge in [0.25, 0.3) is 0 Å². The third-order valence-corrected chi connectivity index (χ3v) is 5.55. The summed E-state index contributed by atoms with van der Waals surface area (Å²) in [7, 11) is 0. The highest BCUT2D eigenvalue weighted by atomic mass is 15.2. The quantitative estimate of drug-likeness (QED) is 0.739. The van der Waals surface area contributed by atoms with Crippen LogP contribution in [0.3, 0.4) is 0 Å². The van der Waals surface area contributed by atoms with Crippen molar-refractivity contribution in [1.82, 2.24) is 10.2 Å². The molecule has 0 atom stereocenters. The van der Waals surface area contributed by atoms with Crippen molar-refractivity contribution in [1.29, 1.82) is 0 Å². The van der Waals surface area contributed by atoms with Gasteiger partial charge >= 0.3 is 0 Å². The second-order valence-electron chi connectivity index (χ2n) is 8.20.